The number of nitrogens with two attached hydrogens (primary N) is 1. The van der Waals surface area contributed by atoms with E-state index < -0.39 is 0 Å². The van der Waals surface area contributed by atoms with E-state index in [4.69, 9.17) is 21.8 Å². The van der Waals surface area contributed by atoms with Gasteiger partial charge in [0.25, 0.3) is 0 Å². The van der Waals surface area contributed by atoms with Crippen molar-refractivity contribution in [3.63, 3.8) is 0 Å². The molecule has 1 unspecified atom stereocenters. The van der Waals surface area contributed by atoms with Gasteiger partial charge in [-0.15, -0.1) is 0 Å². The minimum Gasteiger partial charge on any atom is -0.472 e. The standard InChI is InChI=1S/C13H14ClNO/c1-9-4-11(7-12(14)5-9)13(15)6-10-2-3-16-8-10/h2-5,7-8,13H,6,15H2,1H3. The van der Waals surface area contributed by atoms with Crippen molar-refractivity contribution in [2.75, 3.05) is 0 Å². The van der Waals surface area contributed by atoms with E-state index in [1.807, 2.05) is 25.1 Å². The van der Waals surface area contributed by atoms with Crippen LogP contribution in [0.15, 0.2) is 41.2 Å². The first kappa shape index (κ1) is 11.2. The lowest BCUT2D eigenvalue weighted by molar-refractivity contribution is 0.561. The van der Waals surface area contributed by atoms with Crippen LogP contribution in [0.25, 0.3) is 0 Å². The van der Waals surface area contributed by atoms with E-state index >= 15 is 0 Å². The fraction of sp³-hybridized carbons (Fsp3) is 0.231. The fourth-order valence-electron chi connectivity index (χ4n) is 1.76. The Balaban J connectivity index is 2.17. The van der Waals surface area contributed by atoms with Gasteiger partial charge in [0, 0.05) is 11.1 Å². The number of hydrogen-bond acceptors (Lipinski definition) is 2. The third kappa shape index (κ3) is 2.65. The van der Waals surface area contributed by atoms with E-state index in [0.29, 0.717) is 0 Å². The minimum atomic E-state index is -0.0463. The third-order valence-corrected chi connectivity index (χ3v) is 2.75. The molecule has 3 heteroatoms. The van der Waals surface area contributed by atoms with Crippen LogP contribution in [0, 0.1) is 6.92 Å². The summed E-state index contributed by atoms with van der Waals surface area (Å²) in [5, 5.41) is 0.734. The summed E-state index contributed by atoms with van der Waals surface area (Å²) in [6.45, 7) is 2.01. The van der Waals surface area contributed by atoms with Crippen LogP contribution in [-0.4, -0.2) is 0 Å². The molecule has 2 rings (SSSR count). The lowest BCUT2D eigenvalue weighted by atomic mass is 10.00. The lowest BCUT2D eigenvalue weighted by Crippen LogP contribution is -2.13. The van der Waals surface area contributed by atoms with Crippen LogP contribution in [0.5, 0.6) is 0 Å². The average Bonchev–Trinajstić information content (AvgIpc) is 2.68. The van der Waals surface area contributed by atoms with Crippen molar-refractivity contribution in [2.45, 2.75) is 19.4 Å². The van der Waals surface area contributed by atoms with E-state index in [-0.39, 0.29) is 6.04 Å². The van der Waals surface area contributed by atoms with Gasteiger partial charge in [0.05, 0.1) is 12.5 Å². The van der Waals surface area contributed by atoms with Crippen molar-refractivity contribution in [1.82, 2.24) is 0 Å². The molecule has 0 spiro atoms. The summed E-state index contributed by atoms with van der Waals surface area (Å²) in [4.78, 5) is 0. The van der Waals surface area contributed by atoms with Gasteiger partial charge in [-0.1, -0.05) is 17.7 Å². The van der Waals surface area contributed by atoms with E-state index in [1.165, 1.54) is 0 Å². The Hall–Kier alpha value is -1.25. The second-order valence-corrected chi connectivity index (χ2v) is 4.44. The van der Waals surface area contributed by atoms with E-state index in [2.05, 4.69) is 6.07 Å². The normalized spacial score (nSPS) is 12.7. The number of hydrogen-bond donors (Lipinski definition) is 1. The van der Waals surface area contributed by atoms with Crippen LogP contribution in [0.2, 0.25) is 5.02 Å². The van der Waals surface area contributed by atoms with Gasteiger partial charge < -0.3 is 10.2 Å². The molecule has 1 aromatic heterocycles. The topological polar surface area (TPSA) is 39.2 Å². The molecule has 0 amide bonds. The van der Waals surface area contributed by atoms with E-state index in [0.717, 1.165) is 28.1 Å². The molecular formula is C13H14ClNO. The first-order chi connectivity index (χ1) is 7.65. The highest BCUT2D eigenvalue weighted by molar-refractivity contribution is 6.30. The molecule has 2 nitrogen and oxygen atoms in total. The molecule has 2 aromatic rings. The van der Waals surface area contributed by atoms with Crippen molar-refractivity contribution in [3.8, 4) is 0 Å². The van der Waals surface area contributed by atoms with Gasteiger partial charge in [-0.3, -0.25) is 0 Å². The van der Waals surface area contributed by atoms with Gasteiger partial charge in [-0.05, 0) is 48.2 Å². The van der Waals surface area contributed by atoms with E-state index in [1.54, 1.807) is 12.5 Å². The summed E-state index contributed by atoms with van der Waals surface area (Å²) in [5.41, 5.74) is 9.42. The third-order valence-electron chi connectivity index (χ3n) is 2.53. The summed E-state index contributed by atoms with van der Waals surface area (Å²) in [5.74, 6) is 0. The molecule has 1 heterocycles. The Bertz CT molecular complexity index is 445. The Morgan fingerprint density at radius 1 is 1.38 bits per heavy atom. The summed E-state index contributed by atoms with van der Waals surface area (Å²) < 4.78 is 5.02. The maximum Gasteiger partial charge on any atom is 0.0935 e. The number of halogens is 1. The zero-order valence-electron chi connectivity index (χ0n) is 9.11. The van der Waals surface area contributed by atoms with Crippen LogP contribution in [0.3, 0.4) is 0 Å². The second kappa shape index (κ2) is 4.73. The van der Waals surface area contributed by atoms with Gasteiger partial charge in [0.2, 0.25) is 0 Å². The number of aryl methyl sites for hydroxylation is 1. The Morgan fingerprint density at radius 3 is 2.81 bits per heavy atom. The molecule has 16 heavy (non-hydrogen) atoms. The van der Waals surface area contributed by atoms with Gasteiger partial charge in [-0.2, -0.15) is 0 Å². The van der Waals surface area contributed by atoms with Crippen molar-refractivity contribution in [1.29, 1.82) is 0 Å². The molecule has 0 fully saturated rings. The largest absolute Gasteiger partial charge is 0.472 e. The van der Waals surface area contributed by atoms with Crippen LogP contribution < -0.4 is 5.73 Å². The molecule has 0 saturated heterocycles. The van der Waals surface area contributed by atoms with Gasteiger partial charge >= 0.3 is 0 Å². The van der Waals surface area contributed by atoms with Crippen molar-refractivity contribution < 1.29 is 4.42 Å². The quantitative estimate of drug-likeness (QED) is 0.885. The summed E-state index contributed by atoms with van der Waals surface area (Å²) in [6, 6.07) is 7.79. The molecule has 84 valence electrons. The SMILES string of the molecule is Cc1cc(Cl)cc(C(N)Cc2ccoc2)c1. The van der Waals surface area contributed by atoms with Crippen molar-refractivity contribution >= 4 is 11.6 Å². The molecule has 1 atom stereocenters. The Morgan fingerprint density at radius 2 is 2.19 bits per heavy atom. The number of benzene rings is 1. The summed E-state index contributed by atoms with van der Waals surface area (Å²) >= 11 is 6.00. The predicted molar refractivity (Wildman–Crippen MR) is 65.5 cm³/mol. The maximum absolute atomic E-state index is 6.12. The Labute approximate surface area is 100 Å². The molecule has 1 aromatic carbocycles. The first-order valence-electron chi connectivity index (χ1n) is 5.19. The molecule has 0 aliphatic heterocycles. The second-order valence-electron chi connectivity index (χ2n) is 4.00. The lowest BCUT2D eigenvalue weighted by Gasteiger charge is -2.12. The Kier molecular flexibility index (Phi) is 3.32. The summed E-state index contributed by atoms with van der Waals surface area (Å²) in [6.07, 6.45) is 4.14. The highest BCUT2D eigenvalue weighted by Crippen LogP contribution is 2.21. The molecular weight excluding hydrogens is 222 g/mol. The predicted octanol–water partition coefficient (Wildman–Crippen LogP) is 3.48. The monoisotopic (exact) mass is 235 g/mol. The highest BCUT2D eigenvalue weighted by Gasteiger charge is 2.09. The van der Waals surface area contributed by atoms with Gasteiger partial charge in [0.15, 0.2) is 0 Å². The zero-order valence-corrected chi connectivity index (χ0v) is 9.87. The maximum atomic E-state index is 6.12. The fourth-order valence-corrected chi connectivity index (χ4v) is 2.06. The highest BCUT2D eigenvalue weighted by atomic mass is 35.5. The van der Waals surface area contributed by atoms with Gasteiger partial charge in [0.1, 0.15) is 0 Å². The summed E-state index contributed by atoms with van der Waals surface area (Å²) in [7, 11) is 0. The molecule has 0 saturated carbocycles. The van der Waals surface area contributed by atoms with Crippen LogP contribution in [0.1, 0.15) is 22.7 Å². The average molecular weight is 236 g/mol. The molecule has 0 radical (unpaired) electrons. The van der Waals surface area contributed by atoms with Crippen molar-refractivity contribution in [3.05, 3.63) is 58.5 Å². The van der Waals surface area contributed by atoms with Gasteiger partial charge in [-0.25, -0.2) is 0 Å². The van der Waals surface area contributed by atoms with Crippen LogP contribution in [-0.2, 0) is 6.42 Å². The molecule has 0 bridgehead atoms. The molecule has 0 aliphatic carbocycles. The van der Waals surface area contributed by atoms with Crippen molar-refractivity contribution in [2.24, 2.45) is 5.73 Å². The minimum absolute atomic E-state index is 0.0463. The number of furan rings is 1. The first-order valence-corrected chi connectivity index (χ1v) is 5.56. The van der Waals surface area contributed by atoms with Crippen LogP contribution >= 0.6 is 11.6 Å². The molecule has 2 N–H and O–H groups in total. The zero-order chi connectivity index (χ0) is 11.5. The van der Waals surface area contributed by atoms with E-state index in [9.17, 15) is 0 Å². The smallest absolute Gasteiger partial charge is 0.0935 e. The molecule has 0 aliphatic rings. The van der Waals surface area contributed by atoms with Crippen LogP contribution in [0.4, 0.5) is 0 Å². The number of rotatable bonds is 3.